The molecule has 2 N–H and O–H groups in total. The van der Waals surface area contributed by atoms with Crippen LogP contribution >= 0.6 is 0 Å². The predicted molar refractivity (Wildman–Crippen MR) is 48.9 cm³/mol. The number of amides is 1. The molecular formula is C9H9F3N2O. The van der Waals surface area contributed by atoms with Gasteiger partial charge in [-0.3, -0.25) is 4.79 Å². The minimum absolute atomic E-state index is 0.210. The molecule has 15 heavy (non-hydrogen) atoms. The van der Waals surface area contributed by atoms with Crippen LogP contribution < -0.4 is 10.6 Å². The maximum Gasteiger partial charge on any atom is 0.239 e. The maximum absolute atomic E-state index is 13.0. The highest BCUT2D eigenvalue weighted by Crippen LogP contribution is 2.19. The van der Waals surface area contributed by atoms with Gasteiger partial charge in [0.05, 0.1) is 12.2 Å². The molecule has 1 aromatic carbocycles. The molecule has 0 aliphatic rings. The molecule has 82 valence electrons. The summed E-state index contributed by atoms with van der Waals surface area (Å²) in [4.78, 5) is 10.8. The van der Waals surface area contributed by atoms with Crippen LogP contribution in [0.3, 0.4) is 0 Å². The quantitative estimate of drug-likeness (QED) is 0.750. The van der Waals surface area contributed by atoms with Crippen LogP contribution in [0.2, 0.25) is 0 Å². The van der Waals surface area contributed by atoms with E-state index in [9.17, 15) is 18.0 Å². The van der Waals surface area contributed by atoms with Gasteiger partial charge in [0.2, 0.25) is 5.91 Å². The van der Waals surface area contributed by atoms with Crippen molar-refractivity contribution >= 4 is 11.6 Å². The van der Waals surface area contributed by atoms with Gasteiger partial charge in [-0.25, -0.2) is 13.2 Å². The highest BCUT2D eigenvalue weighted by molar-refractivity contribution is 5.80. The van der Waals surface area contributed by atoms with Crippen molar-refractivity contribution in [2.24, 2.45) is 0 Å². The fraction of sp³-hybridized carbons (Fsp3) is 0.222. The Morgan fingerprint density at radius 1 is 1.27 bits per heavy atom. The summed E-state index contributed by atoms with van der Waals surface area (Å²) in [6, 6.07) is 1.81. The third-order valence-corrected chi connectivity index (χ3v) is 1.75. The number of carbonyl (C=O) groups excluding carboxylic acids is 1. The Labute approximate surface area is 84.3 Å². The second-order valence-electron chi connectivity index (χ2n) is 2.75. The minimum atomic E-state index is -1.56. The van der Waals surface area contributed by atoms with Crippen LogP contribution in [0.15, 0.2) is 12.1 Å². The van der Waals surface area contributed by atoms with Gasteiger partial charge in [0.25, 0.3) is 0 Å². The van der Waals surface area contributed by atoms with E-state index in [0.29, 0.717) is 0 Å². The normalized spacial score (nSPS) is 9.87. The number of carbonyl (C=O) groups is 1. The molecule has 6 heteroatoms. The van der Waals surface area contributed by atoms with Gasteiger partial charge in [-0.15, -0.1) is 0 Å². The molecule has 0 atom stereocenters. The molecule has 0 aliphatic heterocycles. The summed E-state index contributed by atoms with van der Waals surface area (Å²) >= 11 is 0. The van der Waals surface area contributed by atoms with Crippen molar-refractivity contribution in [2.75, 3.05) is 18.9 Å². The van der Waals surface area contributed by atoms with Crippen molar-refractivity contribution < 1.29 is 18.0 Å². The zero-order valence-electron chi connectivity index (χ0n) is 7.90. The van der Waals surface area contributed by atoms with Crippen molar-refractivity contribution in [3.8, 4) is 0 Å². The Kier molecular flexibility index (Phi) is 3.54. The molecule has 1 aromatic rings. The summed E-state index contributed by atoms with van der Waals surface area (Å²) in [6.45, 7) is -0.210. The number of likely N-dealkylation sites (N-methyl/N-ethyl adjacent to an activating group) is 1. The van der Waals surface area contributed by atoms with Gasteiger partial charge in [-0.05, 0) is 12.1 Å². The molecule has 0 bridgehead atoms. The van der Waals surface area contributed by atoms with Crippen molar-refractivity contribution in [3.63, 3.8) is 0 Å². The number of hydrogen-bond donors (Lipinski definition) is 2. The second-order valence-corrected chi connectivity index (χ2v) is 2.75. The van der Waals surface area contributed by atoms with E-state index in [1.165, 1.54) is 7.05 Å². The zero-order valence-corrected chi connectivity index (χ0v) is 7.90. The first kappa shape index (κ1) is 11.4. The number of anilines is 1. The van der Waals surface area contributed by atoms with Gasteiger partial charge >= 0.3 is 0 Å². The minimum Gasteiger partial charge on any atom is -0.374 e. The van der Waals surface area contributed by atoms with E-state index >= 15 is 0 Å². The standard InChI is InChI=1S/C9H9F3N2O/c1-13-7(15)4-14-6-3-2-5(10)8(11)9(6)12/h2-3,14H,4H2,1H3,(H,13,15). The molecule has 0 saturated carbocycles. The lowest BCUT2D eigenvalue weighted by molar-refractivity contribution is -0.118. The molecule has 3 nitrogen and oxygen atoms in total. The Morgan fingerprint density at radius 2 is 1.93 bits per heavy atom. The first-order valence-corrected chi connectivity index (χ1v) is 4.14. The first-order chi connectivity index (χ1) is 7.06. The molecule has 0 fully saturated rings. The third kappa shape index (κ3) is 2.61. The first-order valence-electron chi connectivity index (χ1n) is 4.14. The molecule has 0 heterocycles. The summed E-state index contributed by atoms with van der Waals surface area (Å²) in [7, 11) is 1.41. The van der Waals surface area contributed by atoms with Gasteiger partial charge in [0.15, 0.2) is 17.5 Å². The average Bonchev–Trinajstić information content (AvgIpc) is 2.24. The van der Waals surface area contributed by atoms with E-state index < -0.39 is 17.5 Å². The van der Waals surface area contributed by atoms with E-state index in [2.05, 4.69) is 10.6 Å². The second kappa shape index (κ2) is 4.68. The van der Waals surface area contributed by atoms with Crippen LogP contribution in [0.4, 0.5) is 18.9 Å². The predicted octanol–water partition coefficient (Wildman–Crippen LogP) is 1.26. The van der Waals surface area contributed by atoms with Gasteiger partial charge in [0, 0.05) is 7.05 Å². The van der Waals surface area contributed by atoms with Gasteiger partial charge in [0.1, 0.15) is 0 Å². The molecule has 1 amide bonds. The van der Waals surface area contributed by atoms with E-state index in [4.69, 9.17) is 0 Å². The van der Waals surface area contributed by atoms with Crippen molar-refractivity contribution in [1.82, 2.24) is 5.32 Å². The van der Waals surface area contributed by atoms with Crippen LogP contribution in [0.25, 0.3) is 0 Å². The molecular weight excluding hydrogens is 209 g/mol. The molecule has 0 aromatic heterocycles. The topological polar surface area (TPSA) is 41.1 Å². The fourth-order valence-electron chi connectivity index (χ4n) is 0.926. The van der Waals surface area contributed by atoms with Crippen molar-refractivity contribution in [3.05, 3.63) is 29.6 Å². The van der Waals surface area contributed by atoms with E-state index in [0.717, 1.165) is 12.1 Å². The highest BCUT2D eigenvalue weighted by Gasteiger charge is 2.13. The highest BCUT2D eigenvalue weighted by atomic mass is 19.2. The smallest absolute Gasteiger partial charge is 0.239 e. The average molecular weight is 218 g/mol. The lowest BCUT2D eigenvalue weighted by Gasteiger charge is -2.07. The van der Waals surface area contributed by atoms with Crippen molar-refractivity contribution in [1.29, 1.82) is 0 Å². The Balaban J connectivity index is 2.78. The van der Waals surface area contributed by atoms with Crippen LogP contribution in [-0.2, 0) is 4.79 Å². The summed E-state index contributed by atoms with van der Waals surface area (Å²) < 4.78 is 38.2. The Hall–Kier alpha value is -1.72. The fourth-order valence-corrected chi connectivity index (χ4v) is 0.926. The van der Waals surface area contributed by atoms with Crippen LogP contribution in [0.5, 0.6) is 0 Å². The van der Waals surface area contributed by atoms with E-state index in [1.807, 2.05) is 0 Å². The monoisotopic (exact) mass is 218 g/mol. The van der Waals surface area contributed by atoms with Crippen LogP contribution in [0.1, 0.15) is 0 Å². The Bertz CT molecular complexity index is 382. The SMILES string of the molecule is CNC(=O)CNc1ccc(F)c(F)c1F. The van der Waals surface area contributed by atoms with E-state index in [-0.39, 0.29) is 18.1 Å². The zero-order chi connectivity index (χ0) is 11.4. The van der Waals surface area contributed by atoms with Gasteiger partial charge in [-0.1, -0.05) is 0 Å². The van der Waals surface area contributed by atoms with Crippen molar-refractivity contribution in [2.45, 2.75) is 0 Å². The summed E-state index contributed by atoms with van der Waals surface area (Å²) in [5.74, 6) is -4.55. The molecule has 1 rings (SSSR count). The van der Waals surface area contributed by atoms with Crippen LogP contribution in [0, 0.1) is 17.5 Å². The Morgan fingerprint density at radius 3 is 2.53 bits per heavy atom. The molecule has 0 unspecified atom stereocenters. The molecule has 0 spiro atoms. The number of benzene rings is 1. The third-order valence-electron chi connectivity index (χ3n) is 1.75. The van der Waals surface area contributed by atoms with Gasteiger partial charge in [-0.2, -0.15) is 0 Å². The lowest BCUT2D eigenvalue weighted by Crippen LogP contribution is -2.26. The van der Waals surface area contributed by atoms with Crippen LogP contribution in [-0.4, -0.2) is 19.5 Å². The summed E-state index contributed by atoms with van der Waals surface area (Å²) in [6.07, 6.45) is 0. The number of halogens is 3. The number of hydrogen-bond acceptors (Lipinski definition) is 2. The largest absolute Gasteiger partial charge is 0.374 e. The number of nitrogens with one attached hydrogen (secondary N) is 2. The molecule has 0 radical (unpaired) electrons. The number of rotatable bonds is 3. The molecule has 0 aliphatic carbocycles. The maximum atomic E-state index is 13.0. The summed E-state index contributed by atoms with van der Waals surface area (Å²) in [5, 5.41) is 4.63. The lowest BCUT2D eigenvalue weighted by atomic mass is 10.3. The summed E-state index contributed by atoms with van der Waals surface area (Å²) in [5.41, 5.74) is -0.252. The molecule has 0 saturated heterocycles. The van der Waals surface area contributed by atoms with E-state index in [1.54, 1.807) is 0 Å². The van der Waals surface area contributed by atoms with Gasteiger partial charge < -0.3 is 10.6 Å².